The van der Waals surface area contributed by atoms with Gasteiger partial charge in [0.1, 0.15) is 17.2 Å². The van der Waals surface area contributed by atoms with Crippen LogP contribution in [0.2, 0.25) is 0 Å². The SMILES string of the molecule is Cc1ccsc1-c1nc2ccc(Br)cn2c1NCc1ccccc1. The summed E-state index contributed by atoms with van der Waals surface area (Å²) >= 11 is 5.29. The molecule has 3 heterocycles. The number of anilines is 1. The van der Waals surface area contributed by atoms with Crippen molar-refractivity contribution < 1.29 is 0 Å². The zero-order valence-electron chi connectivity index (χ0n) is 13.2. The quantitative estimate of drug-likeness (QED) is 0.475. The summed E-state index contributed by atoms with van der Waals surface area (Å²) in [6, 6.07) is 16.6. The number of halogens is 1. The molecule has 0 fully saturated rings. The Bertz CT molecular complexity index is 988. The third-order valence-corrected chi connectivity index (χ3v) is 5.45. The molecule has 0 aliphatic rings. The van der Waals surface area contributed by atoms with Crippen LogP contribution in [-0.4, -0.2) is 9.38 Å². The minimum absolute atomic E-state index is 0.762. The number of benzene rings is 1. The Morgan fingerprint density at radius 3 is 2.71 bits per heavy atom. The van der Waals surface area contributed by atoms with Crippen molar-refractivity contribution in [3.63, 3.8) is 0 Å². The van der Waals surface area contributed by atoms with Crippen LogP contribution in [0.1, 0.15) is 11.1 Å². The molecule has 24 heavy (non-hydrogen) atoms. The Hall–Kier alpha value is -2.11. The fourth-order valence-corrected chi connectivity index (χ4v) is 4.00. The third-order valence-electron chi connectivity index (χ3n) is 3.96. The van der Waals surface area contributed by atoms with Gasteiger partial charge < -0.3 is 5.32 Å². The fourth-order valence-electron chi connectivity index (χ4n) is 2.74. The number of hydrogen-bond acceptors (Lipinski definition) is 3. The van der Waals surface area contributed by atoms with Crippen molar-refractivity contribution in [2.75, 3.05) is 5.32 Å². The van der Waals surface area contributed by atoms with Crippen LogP contribution in [0, 0.1) is 6.92 Å². The van der Waals surface area contributed by atoms with E-state index in [4.69, 9.17) is 4.98 Å². The van der Waals surface area contributed by atoms with Gasteiger partial charge in [0.15, 0.2) is 0 Å². The van der Waals surface area contributed by atoms with Gasteiger partial charge in [0.05, 0.1) is 4.88 Å². The third kappa shape index (κ3) is 2.85. The standard InChI is InChI=1S/C19H16BrN3S/c1-13-9-10-24-18(13)17-19(21-11-14-5-3-2-4-6-14)23-12-15(20)7-8-16(23)22-17/h2-10,12,21H,11H2,1H3. The normalized spacial score (nSPS) is 11.1. The first kappa shape index (κ1) is 15.4. The monoisotopic (exact) mass is 397 g/mol. The molecule has 4 rings (SSSR count). The van der Waals surface area contributed by atoms with Gasteiger partial charge in [-0.25, -0.2) is 4.98 Å². The highest BCUT2D eigenvalue weighted by molar-refractivity contribution is 9.10. The Labute approximate surface area is 153 Å². The molecule has 0 amide bonds. The average molecular weight is 398 g/mol. The zero-order valence-corrected chi connectivity index (χ0v) is 15.6. The molecular weight excluding hydrogens is 382 g/mol. The van der Waals surface area contributed by atoms with Crippen molar-refractivity contribution in [1.29, 1.82) is 0 Å². The maximum absolute atomic E-state index is 4.86. The summed E-state index contributed by atoms with van der Waals surface area (Å²) in [5.74, 6) is 1.03. The Kier molecular flexibility index (Phi) is 4.12. The molecule has 5 heteroatoms. The largest absolute Gasteiger partial charge is 0.365 e. The van der Waals surface area contributed by atoms with E-state index in [0.29, 0.717) is 0 Å². The van der Waals surface area contributed by atoms with Crippen LogP contribution in [0.25, 0.3) is 16.2 Å². The molecule has 0 spiro atoms. The second-order valence-corrected chi connectivity index (χ2v) is 7.49. The number of aromatic nitrogens is 2. The molecule has 3 aromatic heterocycles. The van der Waals surface area contributed by atoms with Gasteiger partial charge in [0, 0.05) is 17.2 Å². The number of nitrogens with one attached hydrogen (secondary N) is 1. The van der Waals surface area contributed by atoms with Crippen LogP contribution in [0.5, 0.6) is 0 Å². The van der Waals surface area contributed by atoms with E-state index in [2.05, 4.69) is 74.5 Å². The maximum atomic E-state index is 4.86. The molecule has 1 N–H and O–H groups in total. The van der Waals surface area contributed by atoms with Crippen molar-refractivity contribution in [2.24, 2.45) is 0 Å². The predicted octanol–water partition coefficient (Wildman–Crippen LogP) is 5.75. The lowest BCUT2D eigenvalue weighted by Crippen LogP contribution is -2.03. The van der Waals surface area contributed by atoms with Gasteiger partial charge in [-0.3, -0.25) is 4.40 Å². The molecule has 0 radical (unpaired) electrons. The van der Waals surface area contributed by atoms with Gasteiger partial charge >= 0.3 is 0 Å². The highest BCUT2D eigenvalue weighted by Gasteiger charge is 2.16. The second kappa shape index (κ2) is 6.42. The maximum Gasteiger partial charge on any atom is 0.139 e. The summed E-state index contributed by atoms with van der Waals surface area (Å²) in [6.07, 6.45) is 2.06. The van der Waals surface area contributed by atoms with Crippen molar-refractivity contribution in [1.82, 2.24) is 9.38 Å². The number of nitrogens with zero attached hydrogens (tertiary/aromatic N) is 2. The molecule has 4 aromatic rings. The van der Waals surface area contributed by atoms with E-state index < -0.39 is 0 Å². The van der Waals surface area contributed by atoms with Gasteiger partial charge in [0.25, 0.3) is 0 Å². The van der Waals surface area contributed by atoms with Crippen LogP contribution in [0.15, 0.2) is 64.6 Å². The Balaban J connectivity index is 1.81. The van der Waals surface area contributed by atoms with Crippen molar-refractivity contribution in [3.05, 3.63) is 75.7 Å². The van der Waals surface area contributed by atoms with E-state index in [1.807, 2.05) is 18.2 Å². The summed E-state index contributed by atoms with van der Waals surface area (Å²) in [4.78, 5) is 6.07. The molecular formula is C19H16BrN3S. The van der Waals surface area contributed by atoms with E-state index in [1.54, 1.807) is 11.3 Å². The first-order valence-electron chi connectivity index (χ1n) is 7.72. The van der Waals surface area contributed by atoms with Gasteiger partial charge in [-0.15, -0.1) is 11.3 Å². The average Bonchev–Trinajstić information content (AvgIpc) is 3.17. The summed E-state index contributed by atoms with van der Waals surface area (Å²) in [5, 5.41) is 5.70. The van der Waals surface area contributed by atoms with Gasteiger partial charge in [-0.2, -0.15) is 0 Å². The van der Waals surface area contributed by atoms with Crippen LogP contribution in [0.3, 0.4) is 0 Å². The number of aryl methyl sites for hydroxylation is 1. The smallest absolute Gasteiger partial charge is 0.139 e. The molecule has 0 saturated carbocycles. The summed E-state index contributed by atoms with van der Waals surface area (Å²) in [7, 11) is 0. The second-order valence-electron chi connectivity index (χ2n) is 5.66. The summed E-state index contributed by atoms with van der Waals surface area (Å²) in [5.41, 5.74) is 4.45. The lowest BCUT2D eigenvalue weighted by atomic mass is 10.2. The van der Waals surface area contributed by atoms with E-state index in [0.717, 1.165) is 28.2 Å². The molecule has 0 saturated heterocycles. The lowest BCUT2D eigenvalue weighted by Gasteiger charge is -2.09. The van der Waals surface area contributed by atoms with Crippen molar-refractivity contribution in [2.45, 2.75) is 13.5 Å². The number of thiophene rings is 1. The Morgan fingerprint density at radius 2 is 1.96 bits per heavy atom. The molecule has 0 unspecified atom stereocenters. The summed E-state index contributed by atoms with van der Waals surface area (Å²) < 4.78 is 3.14. The molecule has 3 nitrogen and oxygen atoms in total. The van der Waals surface area contributed by atoms with Gasteiger partial charge in [-0.1, -0.05) is 30.3 Å². The minimum Gasteiger partial charge on any atom is -0.365 e. The van der Waals surface area contributed by atoms with Crippen LogP contribution >= 0.6 is 27.3 Å². The first-order chi connectivity index (χ1) is 11.7. The fraction of sp³-hybridized carbons (Fsp3) is 0.105. The number of rotatable bonds is 4. The highest BCUT2D eigenvalue weighted by Crippen LogP contribution is 2.35. The molecule has 0 aliphatic carbocycles. The van der Waals surface area contributed by atoms with E-state index in [1.165, 1.54) is 16.0 Å². The number of hydrogen-bond donors (Lipinski definition) is 1. The minimum atomic E-state index is 0.762. The summed E-state index contributed by atoms with van der Waals surface area (Å²) in [6.45, 7) is 2.89. The molecule has 0 atom stereocenters. The molecule has 120 valence electrons. The van der Waals surface area contributed by atoms with Crippen LogP contribution in [-0.2, 0) is 6.54 Å². The van der Waals surface area contributed by atoms with E-state index in [9.17, 15) is 0 Å². The number of fused-ring (bicyclic) bond motifs is 1. The number of imidazole rings is 1. The van der Waals surface area contributed by atoms with Crippen molar-refractivity contribution >= 4 is 38.7 Å². The van der Waals surface area contributed by atoms with Gasteiger partial charge in [-0.05, 0) is 57.6 Å². The lowest BCUT2D eigenvalue weighted by molar-refractivity contribution is 1.08. The topological polar surface area (TPSA) is 29.3 Å². The molecule has 1 aromatic carbocycles. The molecule has 0 aliphatic heterocycles. The molecule has 0 bridgehead atoms. The van der Waals surface area contributed by atoms with Crippen molar-refractivity contribution in [3.8, 4) is 10.6 Å². The highest BCUT2D eigenvalue weighted by atomic mass is 79.9. The van der Waals surface area contributed by atoms with E-state index >= 15 is 0 Å². The van der Waals surface area contributed by atoms with E-state index in [-0.39, 0.29) is 0 Å². The van der Waals surface area contributed by atoms with Gasteiger partial charge in [0.2, 0.25) is 0 Å². The van der Waals surface area contributed by atoms with Crippen LogP contribution in [0.4, 0.5) is 5.82 Å². The predicted molar refractivity (Wildman–Crippen MR) is 105 cm³/mol. The Morgan fingerprint density at radius 1 is 1.12 bits per heavy atom. The van der Waals surface area contributed by atoms with Crippen LogP contribution < -0.4 is 5.32 Å². The first-order valence-corrected chi connectivity index (χ1v) is 9.39. The number of pyridine rings is 1. The zero-order chi connectivity index (χ0) is 16.5.